The zero-order valence-corrected chi connectivity index (χ0v) is 16.5. The Kier molecular flexibility index (Phi) is 7.41. The average Bonchev–Trinajstić information content (AvgIpc) is 2.71. The van der Waals surface area contributed by atoms with Gasteiger partial charge in [-0.3, -0.25) is 0 Å². The second-order valence-corrected chi connectivity index (χ2v) is 7.50. The van der Waals surface area contributed by atoms with Crippen molar-refractivity contribution in [1.82, 2.24) is 0 Å². The lowest BCUT2D eigenvalue weighted by Gasteiger charge is -2.40. The molecule has 1 aromatic carbocycles. The minimum atomic E-state index is -7.91. The van der Waals surface area contributed by atoms with Crippen LogP contribution < -0.4 is 0 Å². The lowest BCUT2D eigenvalue weighted by Crippen LogP contribution is -2.70. The molecule has 1 aliphatic heterocycles. The summed E-state index contributed by atoms with van der Waals surface area (Å²) in [6, 6.07) is 5.32. The van der Waals surface area contributed by atoms with E-state index in [-0.39, 0.29) is 11.3 Å². The molecule has 0 radical (unpaired) electrons. The van der Waals surface area contributed by atoms with E-state index in [0.29, 0.717) is 0 Å². The summed E-state index contributed by atoms with van der Waals surface area (Å²) >= 11 is 0. The van der Waals surface area contributed by atoms with Gasteiger partial charge in [-0.15, -0.1) is 0 Å². The van der Waals surface area contributed by atoms with Crippen LogP contribution in [0.2, 0.25) is 0 Å². The van der Waals surface area contributed by atoms with E-state index in [2.05, 4.69) is 0 Å². The zero-order chi connectivity index (χ0) is 26.4. The van der Waals surface area contributed by atoms with Crippen LogP contribution >= 0.6 is 0 Å². The summed E-state index contributed by atoms with van der Waals surface area (Å²) in [5, 5.41) is 9.37. The van der Waals surface area contributed by atoms with E-state index < -0.39 is 74.1 Å². The number of aromatic hydroxyl groups is 1. The molecule has 0 spiro atoms. The fourth-order valence-electron chi connectivity index (χ4n) is 2.92. The number of alkyl halides is 13. The standard InChI is InChI=1S/C18H15F13O3/c19-13(20,14(21,22)15(23,24)16(25,26)17(27,28)18(29,30)31)5-4-9-7-33-12(34-8-9)10-2-1-3-11(32)6-10/h1-3,6,9,12,32H,4-5,7-8H2. The second kappa shape index (κ2) is 8.91. The van der Waals surface area contributed by atoms with Crippen LogP contribution in [0.15, 0.2) is 24.3 Å². The third-order valence-corrected chi connectivity index (χ3v) is 4.97. The molecular formula is C18H15F13O3. The molecular weight excluding hydrogens is 511 g/mol. The van der Waals surface area contributed by atoms with Crippen molar-refractivity contribution in [1.29, 1.82) is 0 Å². The summed E-state index contributed by atoms with van der Waals surface area (Å²) in [4.78, 5) is 0. The third kappa shape index (κ3) is 4.75. The summed E-state index contributed by atoms with van der Waals surface area (Å²) in [5.41, 5.74) is 0.266. The van der Waals surface area contributed by atoms with Crippen molar-refractivity contribution in [3.8, 4) is 5.75 Å². The zero-order valence-electron chi connectivity index (χ0n) is 16.5. The molecule has 0 aliphatic carbocycles. The topological polar surface area (TPSA) is 38.7 Å². The molecule has 1 fully saturated rings. The first-order valence-corrected chi connectivity index (χ1v) is 9.17. The second-order valence-electron chi connectivity index (χ2n) is 7.50. The van der Waals surface area contributed by atoms with Gasteiger partial charge in [0.1, 0.15) is 5.75 Å². The monoisotopic (exact) mass is 526 g/mol. The highest BCUT2D eigenvalue weighted by Gasteiger charge is 2.90. The van der Waals surface area contributed by atoms with E-state index in [1.54, 1.807) is 0 Å². The predicted molar refractivity (Wildman–Crippen MR) is 86.3 cm³/mol. The molecule has 1 aromatic rings. The fraction of sp³-hybridized carbons (Fsp3) is 0.667. The largest absolute Gasteiger partial charge is 0.508 e. The van der Waals surface area contributed by atoms with Crippen molar-refractivity contribution in [3.63, 3.8) is 0 Å². The summed E-state index contributed by atoms with van der Waals surface area (Å²) in [7, 11) is 0. The number of ether oxygens (including phenoxy) is 2. The van der Waals surface area contributed by atoms with Crippen LogP contribution in [0.1, 0.15) is 24.7 Å². The van der Waals surface area contributed by atoms with Gasteiger partial charge in [-0.2, -0.15) is 57.1 Å². The van der Waals surface area contributed by atoms with Crippen molar-refractivity contribution in [2.24, 2.45) is 5.92 Å². The van der Waals surface area contributed by atoms with Gasteiger partial charge in [-0.05, 0) is 18.6 Å². The summed E-state index contributed by atoms with van der Waals surface area (Å²) in [6.45, 7) is -0.971. The van der Waals surface area contributed by atoms with Crippen molar-refractivity contribution in [2.75, 3.05) is 13.2 Å². The molecule has 1 heterocycles. The quantitative estimate of drug-likeness (QED) is 0.390. The van der Waals surface area contributed by atoms with Crippen LogP contribution in [0.5, 0.6) is 5.75 Å². The highest BCUT2D eigenvalue weighted by molar-refractivity contribution is 5.28. The number of hydrogen-bond donors (Lipinski definition) is 1. The number of benzene rings is 1. The number of phenolic OH excluding ortho intramolecular Hbond substituents is 1. The minimum absolute atomic E-state index is 0.192. The molecule has 2 rings (SSSR count). The van der Waals surface area contributed by atoms with Gasteiger partial charge in [0.2, 0.25) is 0 Å². The van der Waals surface area contributed by atoms with Crippen LogP contribution in [0.4, 0.5) is 57.1 Å². The Morgan fingerprint density at radius 3 is 1.71 bits per heavy atom. The Labute approximate surface area is 182 Å². The molecule has 3 nitrogen and oxygen atoms in total. The van der Waals surface area contributed by atoms with E-state index in [1.807, 2.05) is 0 Å². The first-order valence-electron chi connectivity index (χ1n) is 9.17. The van der Waals surface area contributed by atoms with E-state index in [4.69, 9.17) is 9.47 Å². The average molecular weight is 526 g/mol. The third-order valence-electron chi connectivity index (χ3n) is 4.97. The van der Waals surface area contributed by atoms with Gasteiger partial charge < -0.3 is 14.6 Å². The summed E-state index contributed by atoms with van der Waals surface area (Å²) in [6.07, 6.45) is -12.0. The van der Waals surface area contributed by atoms with Crippen LogP contribution in [-0.2, 0) is 9.47 Å². The van der Waals surface area contributed by atoms with Gasteiger partial charge in [0, 0.05) is 17.9 Å². The van der Waals surface area contributed by atoms with Crippen molar-refractivity contribution >= 4 is 0 Å². The van der Waals surface area contributed by atoms with Crippen LogP contribution in [-0.4, -0.2) is 54.1 Å². The van der Waals surface area contributed by atoms with Crippen molar-refractivity contribution in [3.05, 3.63) is 29.8 Å². The van der Waals surface area contributed by atoms with Crippen molar-refractivity contribution < 1.29 is 71.7 Å². The number of hydrogen-bond acceptors (Lipinski definition) is 3. The maximum atomic E-state index is 13.9. The van der Waals surface area contributed by atoms with E-state index in [1.165, 1.54) is 24.3 Å². The van der Waals surface area contributed by atoms with Gasteiger partial charge in [-0.1, -0.05) is 12.1 Å². The molecule has 0 bridgehead atoms. The molecule has 196 valence electrons. The lowest BCUT2D eigenvalue weighted by atomic mass is 9.90. The Morgan fingerprint density at radius 1 is 0.735 bits per heavy atom. The van der Waals surface area contributed by atoms with Gasteiger partial charge >= 0.3 is 35.8 Å². The van der Waals surface area contributed by atoms with Crippen molar-refractivity contribution in [2.45, 2.75) is 54.9 Å². The number of phenols is 1. The Bertz CT molecular complexity index is 846. The molecule has 34 heavy (non-hydrogen) atoms. The molecule has 1 N–H and O–H groups in total. The normalized spacial score (nSPS) is 21.6. The molecule has 16 heteroatoms. The molecule has 0 unspecified atom stereocenters. The Morgan fingerprint density at radius 2 is 1.24 bits per heavy atom. The van der Waals surface area contributed by atoms with Gasteiger partial charge in [0.05, 0.1) is 13.2 Å². The molecule has 0 saturated carbocycles. The predicted octanol–water partition coefficient (Wildman–Crippen LogP) is 6.57. The lowest BCUT2D eigenvalue weighted by molar-refractivity contribution is -0.440. The molecule has 0 amide bonds. The Hall–Kier alpha value is -1.97. The van der Waals surface area contributed by atoms with Gasteiger partial charge in [-0.25, -0.2) is 0 Å². The van der Waals surface area contributed by atoms with E-state index in [0.717, 1.165) is 0 Å². The number of halogens is 13. The first kappa shape index (κ1) is 28.3. The molecule has 1 saturated heterocycles. The van der Waals surface area contributed by atoms with Gasteiger partial charge in [0.25, 0.3) is 0 Å². The van der Waals surface area contributed by atoms with Crippen LogP contribution in [0.3, 0.4) is 0 Å². The minimum Gasteiger partial charge on any atom is -0.508 e. The smallest absolute Gasteiger partial charge is 0.460 e. The fourth-order valence-corrected chi connectivity index (χ4v) is 2.92. The highest BCUT2D eigenvalue weighted by atomic mass is 19.4. The van der Waals surface area contributed by atoms with E-state index >= 15 is 0 Å². The highest BCUT2D eigenvalue weighted by Crippen LogP contribution is 2.60. The number of rotatable bonds is 8. The van der Waals surface area contributed by atoms with Crippen LogP contribution in [0, 0.1) is 5.92 Å². The SMILES string of the molecule is Oc1cccc(C2OCC(CCC(F)(F)C(F)(F)C(F)(F)C(F)(F)C(F)(F)C(F)(F)F)CO2)c1. The summed E-state index contributed by atoms with van der Waals surface area (Å²) in [5.74, 6) is -38.2. The molecule has 0 aromatic heterocycles. The molecule has 0 atom stereocenters. The summed E-state index contributed by atoms with van der Waals surface area (Å²) < 4.78 is 181. The maximum Gasteiger partial charge on any atom is 0.460 e. The van der Waals surface area contributed by atoms with Crippen LogP contribution in [0.25, 0.3) is 0 Å². The van der Waals surface area contributed by atoms with E-state index in [9.17, 15) is 62.2 Å². The first-order chi connectivity index (χ1) is 15.2. The molecule has 1 aliphatic rings. The maximum absolute atomic E-state index is 13.9. The van der Waals surface area contributed by atoms with Gasteiger partial charge in [0.15, 0.2) is 6.29 Å². The Balaban J connectivity index is 2.10.